The lowest BCUT2D eigenvalue weighted by molar-refractivity contribution is 0.226. The number of aliphatic imine (C=N–C) groups is 1. The number of rotatable bonds is 9. The topological polar surface area (TPSA) is 86.9 Å². The van der Waals surface area contributed by atoms with Crippen LogP contribution in [0.4, 0.5) is 0 Å². The minimum absolute atomic E-state index is 0.236. The standard InChI is InChI=1S/C32H36N6O3/c1-5-40-29-17-25-26(18-30(29)41-6-2)31(33-28-15-16-37(3)20-27(25)28)22-9-11-23(12-10-22)32-34-36-38(35-32)19-21-7-13-24(39-4)14-8-21/h7-14,17-18,27-28H,5-6,15-16,19-20H2,1-4H3. The second kappa shape index (κ2) is 11.7. The Hall–Kier alpha value is -4.24. The number of methoxy groups -OCH3 is 1. The van der Waals surface area contributed by atoms with Gasteiger partial charge in [-0.1, -0.05) is 36.4 Å². The number of hydrogen-bond acceptors (Lipinski definition) is 8. The minimum atomic E-state index is 0.236. The SMILES string of the molecule is CCOc1cc2c(cc1OCC)C1CN(C)CCC1N=C2c1ccc(-c2nnn(Cc3ccc(OC)cc3)n2)cc1. The number of hydrogen-bond donors (Lipinski definition) is 0. The molecule has 0 amide bonds. The maximum absolute atomic E-state index is 6.01. The van der Waals surface area contributed by atoms with Gasteiger partial charge in [-0.25, -0.2) is 0 Å². The molecule has 6 rings (SSSR count). The highest BCUT2D eigenvalue weighted by atomic mass is 16.5. The first kappa shape index (κ1) is 27.0. The van der Waals surface area contributed by atoms with Gasteiger partial charge in [-0.05, 0) is 74.5 Å². The molecule has 3 heterocycles. The first-order chi connectivity index (χ1) is 20.1. The zero-order valence-corrected chi connectivity index (χ0v) is 24.1. The number of likely N-dealkylation sites (tertiary alicyclic amines) is 1. The molecule has 9 heteroatoms. The molecule has 0 spiro atoms. The Bertz CT molecular complexity index is 1530. The van der Waals surface area contributed by atoms with Gasteiger partial charge in [-0.3, -0.25) is 4.99 Å². The van der Waals surface area contributed by atoms with Crippen molar-refractivity contribution in [2.24, 2.45) is 4.99 Å². The Labute approximate surface area is 240 Å². The molecule has 2 atom stereocenters. The lowest BCUT2D eigenvalue weighted by Gasteiger charge is -2.39. The fourth-order valence-corrected chi connectivity index (χ4v) is 5.75. The summed E-state index contributed by atoms with van der Waals surface area (Å²) in [4.78, 5) is 9.33. The van der Waals surface area contributed by atoms with E-state index in [4.69, 9.17) is 19.2 Å². The third-order valence-electron chi connectivity index (χ3n) is 7.80. The molecule has 1 saturated heterocycles. The van der Waals surface area contributed by atoms with Crippen molar-refractivity contribution in [1.29, 1.82) is 0 Å². The number of ether oxygens (including phenoxy) is 3. The number of piperidine rings is 1. The van der Waals surface area contributed by atoms with Crippen LogP contribution in [0.15, 0.2) is 65.7 Å². The van der Waals surface area contributed by atoms with Crippen LogP contribution in [0, 0.1) is 0 Å². The fraction of sp³-hybridized carbons (Fsp3) is 0.375. The van der Waals surface area contributed by atoms with Crippen molar-refractivity contribution in [1.82, 2.24) is 25.1 Å². The maximum atomic E-state index is 6.01. The molecular weight excluding hydrogens is 516 g/mol. The van der Waals surface area contributed by atoms with Gasteiger partial charge in [0.1, 0.15) is 5.75 Å². The lowest BCUT2D eigenvalue weighted by Crippen LogP contribution is -2.41. The van der Waals surface area contributed by atoms with Crippen molar-refractivity contribution >= 4 is 5.71 Å². The van der Waals surface area contributed by atoms with Crippen LogP contribution in [0.3, 0.4) is 0 Å². The van der Waals surface area contributed by atoms with Gasteiger partial charge in [0.05, 0.1) is 38.6 Å². The molecule has 1 aromatic heterocycles. The average molecular weight is 553 g/mol. The van der Waals surface area contributed by atoms with Crippen LogP contribution in [-0.4, -0.2) is 77.3 Å². The van der Waals surface area contributed by atoms with E-state index in [0.717, 1.165) is 64.7 Å². The van der Waals surface area contributed by atoms with E-state index in [1.807, 2.05) is 50.2 Å². The summed E-state index contributed by atoms with van der Waals surface area (Å²) in [5, 5.41) is 13.2. The molecule has 0 radical (unpaired) electrons. The smallest absolute Gasteiger partial charge is 0.204 e. The van der Waals surface area contributed by atoms with Crippen LogP contribution < -0.4 is 14.2 Å². The van der Waals surface area contributed by atoms with Crippen LogP contribution >= 0.6 is 0 Å². The molecule has 9 nitrogen and oxygen atoms in total. The summed E-state index contributed by atoms with van der Waals surface area (Å²) in [5.41, 5.74) is 6.44. The molecule has 3 aromatic carbocycles. The van der Waals surface area contributed by atoms with E-state index in [1.54, 1.807) is 11.9 Å². The molecule has 2 aliphatic rings. The predicted molar refractivity (Wildman–Crippen MR) is 158 cm³/mol. The number of fused-ring (bicyclic) bond motifs is 3. The Kier molecular flexibility index (Phi) is 7.69. The van der Waals surface area contributed by atoms with Gasteiger partial charge >= 0.3 is 0 Å². The Morgan fingerprint density at radius 2 is 1.61 bits per heavy atom. The first-order valence-electron chi connectivity index (χ1n) is 14.3. The molecule has 0 aliphatic carbocycles. The second-order valence-electron chi connectivity index (χ2n) is 10.5. The monoisotopic (exact) mass is 552 g/mol. The fourth-order valence-electron chi connectivity index (χ4n) is 5.75. The van der Waals surface area contributed by atoms with Gasteiger partial charge in [-0.2, -0.15) is 4.80 Å². The van der Waals surface area contributed by atoms with Crippen LogP contribution in [-0.2, 0) is 6.54 Å². The van der Waals surface area contributed by atoms with Gasteiger partial charge in [0.25, 0.3) is 0 Å². The molecule has 41 heavy (non-hydrogen) atoms. The van der Waals surface area contributed by atoms with Crippen molar-refractivity contribution in [2.45, 2.75) is 38.8 Å². The second-order valence-corrected chi connectivity index (χ2v) is 10.5. The van der Waals surface area contributed by atoms with Crippen molar-refractivity contribution in [2.75, 3.05) is 40.5 Å². The normalized spacial score (nSPS) is 18.3. The third-order valence-corrected chi connectivity index (χ3v) is 7.80. The van der Waals surface area contributed by atoms with E-state index in [1.165, 1.54) is 5.56 Å². The number of aromatic nitrogens is 4. The van der Waals surface area contributed by atoms with E-state index in [9.17, 15) is 0 Å². The quantitative estimate of drug-likeness (QED) is 0.294. The summed E-state index contributed by atoms with van der Waals surface area (Å²) in [6.45, 7) is 7.72. The molecule has 2 aliphatic heterocycles. The molecule has 0 bridgehead atoms. The summed E-state index contributed by atoms with van der Waals surface area (Å²) >= 11 is 0. The number of nitrogens with zero attached hydrogens (tertiary/aromatic N) is 6. The van der Waals surface area contributed by atoms with Gasteiger partial charge < -0.3 is 19.1 Å². The van der Waals surface area contributed by atoms with Gasteiger partial charge in [0.15, 0.2) is 11.5 Å². The summed E-state index contributed by atoms with van der Waals surface area (Å²) in [6.07, 6.45) is 1.03. The Morgan fingerprint density at radius 1 is 0.902 bits per heavy atom. The van der Waals surface area contributed by atoms with Crippen molar-refractivity contribution in [3.8, 4) is 28.6 Å². The summed E-state index contributed by atoms with van der Waals surface area (Å²) < 4.78 is 17.3. The molecule has 4 aromatic rings. The molecule has 0 N–H and O–H groups in total. The van der Waals surface area contributed by atoms with Gasteiger partial charge in [0, 0.05) is 29.2 Å². The molecule has 1 fully saturated rings. The number of benzene rings is 3. The number of likely N-dealkylation sites (N-methyl/N-ethyl adjacent to an activating group) is 1. The lowest BCUT2D eigenvalue weighted by atomic mass is 9.79. The maximum Gasteiger partial charge on any atom is 0.204 e. The Morgan fingerprint density at radius 3 is 2.32 bits per heavy atom. The minimum Gasteiger partial charge on any atom is -0.497 e. The van der Waals surface area contributed by atoms with E-state index in [2.05, 4.69) is 51.6 Å². The predicted octanol–water partition coefficient (Wildman–Crippen LogP) is 4.83. The largest absolute Gasteiger partial charge is 0.497 e. The van der Waals surface area contributed by atoms with Crippen LogP contribution in [0.5, 0.6) is 17.2 Å². The van der Waals surface area contributed by atoms with E-state index >= 15 is 0 Å². The number of tetrazole rings is 1. The van der Waals surface area contributed by atoms with Crippen molar-refractivity contribution in [3.63, 3.8) is 0 Å². The van der Waals surface area contributed by atoms with Crippen LogP contribution in [0.2, 0.25) is 0 Å². The molecule has 212 valence electrons. The molecular formula is C32H36N6O3. The summed E-state index contributed by atoms with van der Waals surface area (Å²) in [5.74, 6) is 3.30. The summed E-state index contributed by atoms with van der Waals surface area (Å²) in [6, 6.07) is 20.7. The average Bonchev–Trinajstić information content (AvgIpc) is 3.46. The van der Waals surface area contributed by atoms with Gasteiger partial charge in [0.2, 0.25) is 5.82 Å². The molecule has 2 unspecified atom stereocenters. The third kappa shape index (κ3) is 5.54. The van der Waals surface area contributed by atoms with E-state index < -0.39 is 0 Å². The van der Waals surface area contributed by atoms with E-state index in [-0.39, 0.29) is 6.04 Å². The van der Waals surface area contributed by atoms with Crippen LogP contribution in [0.25, 0.3) is 11.4 Å². The van der Waals surface area contributed by atoms with Crippen molar-refractivity contribution < 1.29 is 14.2 Å². The highest BCUT2D eigenvalue weighted by Crippen LogP contribution is 2.42. The van der Waals surface area contributed by atoms with Crippen LogP contribution in [0.1, 0.15) is 48.4 Å². The first-order valence-corrected chi connectivity index (χ1v) is 14.3. The summed E-state index contributed by atoms with van der Waals surface area (Å²) in [7, 11) is 3.85. The van der Waals surface area contributed by atoms with Crippen molar-refractivity contribution in [3.05, 3.63) is 82.9 Å². The highest BCUT2D eigenvalue weighted by molar-refractivity contribution is 6.15. The van der Waals surface area contributed by atoms with Gasteiger partial charge in [-0.15, -0.1) is 10.2 Å². The highest BCUT2D eigenvalue weighted by Gasteiger charge is 2.36. The zero-order valence-electron chi connectivity index (χ0n) is 24.1. The zero-order chi connectivity index (χ0) is 28.3. The van der Waals surface area contributed by atoms with E-state index in [0.29, 0.717) is 31.5 Å². The molecule has 0 saturated carbocycles. The Balaban J connectivity index is 1.30.